The average molecular weight is 399 g/mol. The molecule has 2 saturated heterocycles. The molecule has 0 N–H and O–H groups in total. The Hall–Kier alpha value is -3.18. The minimum atomic E-state index is 0.0688. The SMILES string of the molecule is O=C(c1ccnc(Oc2ccccc2)c1)N1CC2CN(Cc3ccccc3)CC2C1. The predicted molar refractivity (Wildman–Crippen MR) is 115 cm³/mol. The van der Waals surface area contributed by atoms with E-state index < -0.39 is 0 Å². The summed E-state index contributed by atoms with van der Waals surface area (Å²) >= 11 is 0. The number of carbonyl (C=O) groups excluding carboxylic acids is 1. The van der Waals surface area contributed by atoms with Gasteiger partial charge in [-0.1, -0.05) is 48.5 Å². The van der Waals surface area contributed by atoms with Crippen LogP contribution in [0.15, 0.2) is 79.0 Å². The number of aromatic nitrogens is 1. The minimum Gasteiger partial charge on any atom is -0.439 e. The number of rotatable bonds is 5. The normalized spacial score (nSPS) is 20.9. The third-order valence-corrected chi connectivity index (χ3v) is 6.05. The Morgan fingerprint density at radius 3 is 2.27 bits per heavy atom. The van der Waals surface area contributed by atoms with E-state index >= 15 is 0 Å². The van der Waals surface area contributed by atoms with Crippen LogP contribution in [-0.4, -0.2) is 46.9 Å². The maximum atomic E-state index is 13.1. The molecule has 5 nitrogen and oxygen atoms in total. The van der Waals surface area contributed by atoms with Crippen molar-refractivity contribution in [3.63, 3.8) is 0 Å². The van der Waals surface area contributed by atoms with Crippen molar-refractivity contribution in [2.24, 2.45) is 11.8 Å². The van der Waals surface area contributed by atoms with Gasteiger partial charge in [0.1, 0.15) is 5.75 Å². The van der Waals surface area contributed by atoms with E-state index in [1.54, 1.807) is 18.3 Å². The second-order valence-electron chi connectivity index (χ2n) is 8.21. The van der Waals surface area contributed by atoms with Gasteiger partial charge in [0.05, 0.1) is 0 Å². The lowest BCUT2D eigenvalue weighted by Crippen LogP contribution is -2.33. The number of pyridine rings is 1. The third kappa shape index (κ3) is 4.07. The molecule has 2 atom stereocenters. The van der Waals surface area contributed by atoms with Gasteiger partial charge in [-0.25, -0.2) is 4.98 Å². The standard InChI is InChI=1S/C25H25N3O2/c29-25(20-11-12-26-24(13-20)30-23-9-5-2-6-10-23)28-17-21-15-27(16-22(21)18-28)14-19-7-3-1-4-8-19/h1-13,21-22H,14-18H2. The number of benzene rings is 2. The lowest BCUT2D eigenvalue weighted by atomic mass is 10.0. The summed E-state index contributed by atoms with van der Waals surface area (Å²) in [6.45, 7) is 4.76. The van der Waals surface area contributed by atoms with E-state index in [-0.39, 0.29) is 5.91 Å². The smallest absolute Gasteiger partial charge is 0.254 e. The minimum absolute atomic E-state index is 0.0688. The van der Waals surface area contributed by atoms with Gasteiger partial charge in [-0.2, -0.15) is 0 Å². The van der Waals surface area contributed by atoms with Crippen LogP contribution >= 0.6 is 0 Å². The largest absolute Gasteiger partial charge is 0.439 e. The number of ether oxygens (including phenoxy) is 1. The molecule has 0 saturated carbocycles. The number of amides is 1. The summed E-state index contributed by atoms with van der Waals surface area (Å²) in [5.41, 5.74) is 1.99. The van der Waals surface area contributed by atoms with Crippen LogP contribution in [0, 0.1) is 11.8 Å². The molecule has 5 heteroatoms. The van der Waals surface area contributed by atoms with Gasteiger partial charge in [-0.15, -0.1) is 0 Å². The summed E-state index contributed by atoms with van der Waals surface area (Å²) < 4.78 is 5.79. The van der Waals surface area contributed by atoms with E-state index in [4.69, 9.17) is 4.74 Å². The van der Waals surface area contributed by atoms with Crippen LogP contribution in [-0.2, 0) is 6.54 Å². The van der Waals surface area contributed by atoms with Gasteiger partial charge >= 0.3 is 0 Å². The Kier molecular flexibility index (Phi) is 5.20. The number of hydrogen-bond donors (Lipinski definition) is 0. The van der Waals surface area contributed by atoms with Gasteiger partial charge < -0.3 is 9.64 Å². The maximum Gasteiger partial charge on any atom is 0.254 e. The number of para-hydroxylation sites is 1. The molecule has 2 aromatic carbocycles. The second-order valence-corrected chi connectivity index (χ2v) is 8.21. The lowest BCUT2D eigenvalue weighted by molar-refractivity contribution is 0.0773. The van der Waals surface area contributed by atoms with Crippen molar-refractivity contribution in [1.29, 1.82) is 0 Å². The summed E-state index contributed by atoms with van der Waals surface area (Å²) in [6.07, 6.45) is 1.64. The van der Waals surface area contributed by atoms with Gasteiger partial charge in [0.15, 0.2) is 0 Å². The first kappa shape index (κ1) is 18.8. The highest BCUT2D eigenvalue weighted by Crippen LogP contribution is 2.33. The van der Waals surface area contributed by atoms with Crippen molar-refractivity contribution in [3.8, 4) is 11.6 Å². The molecule has 2 aliphatic heterocycles. The summed E-state index contributed by atoms with van der Waals surface area (Å²) in [5, 5.41) is 0. The lowest BCUT2D eigenvalue weighted by Gasteiger charge is -2.22. The zero-order chi connectivity index (χ0) is 20.3. The van der Waals surface area contributed by atoms with Crippen LogP contribution in [0.25, 0.3) is 0 Å². The van der Waals surface area contributed by atoms with Crippen molar-refractivity contribution in [3.05, 3.63) is 90.1 Å². The molecule has 0 spiro atoms. The molecule has 0 radical (unpaired) electrons. The number of nitrogens with zero attached hydrogens (tertiary/aromatic N) is 3. The van der Waals surface area contributed by atoms with Crippen molar-refractivity contribution in [2.75, 3.05) is 26.2 Å². The Labute approximate surface area is 176 Å². The molecule has 3 heterocycles. The van der Waals surface area contributed by atoms with Gasteiger partial charge in [0.25, 0.3) is 5.91 Å². The third-order valence-electron chi connectivity index (χ3n) is 6.05. The molecule has 152 valence electrons. The van der Waals surface area contributed by atoms with Crippen LogP contribution < -0.4 is 4.74 Å². The Balaban J connectivity index is 1.20. The zero-order valence-corrected chi connectivity index (χ0v) is 16.9. The summed E-state index contributed by atoms with van der Waals surface area (Å²) in [4.78, 5) is 21.9. The van der Waals surface area contributed by atoms with E-state index in [9.17, 15) is 4.79 Å². The number of hydrogen-bond acceptors (Lipinski definition) is 4. The van der Waals surface area contributed by atoms with Crippen molar-refractivity contribution in [1.82, 2.24) is 14.8 Å². The highest BCUT2D eigenvalue weighted by Gasteiger charge is 2.41. The highest BCUT2D eigenvalue weighted by molar-refractivity contribution is 5.94. The van der Waals surface area contributed by atoms with Crippen LogP contribution in [0.4, 0.5) is 0 Å². The summed E-state index contributed by atoms with van der Waals surface area (Å²) in [7, 11) is 0. The van der Waals surface area contributed by atoms with Crippen molar-refractivity contribution in [2.45, 2.75) is 6.54 Å². The zero-order valence-electron chi connectivity index (χ0n) is 16.9. The quantitative estimate of drug-likeness (QED) is 0.649. The second kappa shape index (κ2) is 8.28. The molecule has 0 aliphatic carbocycles. The van der Waals surface area contributed by atoms with Gasteiger partial charge in [0, 0.05) is 50.6 Å². The van der Waals surface area contributed by atoms with E-state index in [0.717, 1.165) is 32.7 Å². The molecule has 2 fully saturated rings. The van der Waals surface area contributed by atoms with E-state index in [1.165, 1.54) is 5.56 Å². The Morgan fingerprint density at radius 2 is 1.57 bits per heavy atom. The molecule has 2 aliphatic rings. The number of carbonyl (C=O) groups is 1. The van der Waals surface area contributed by atoms with Crippen molar-refractivity contribution >= 4 is 5.91 Å². The van der Waals surface area contributed by atoms with Gasteiger partial charge in [0.2, 0.25) is 5.88 Å². The molecular weight excluding hydrogens is 374 g/mol. The Bertz CT molecular complexity index is 995. The molecule has 30 heavy (non-hydrogen) atoms. The summed E-state index contributed by atoms with van der Waals surface area (Å²) in [6, 6.07) is 23.6. The van der Waals surface area contributed by atoms with E-state index in [1.807, 2.05) is 35.2 Å². The fraction of sp³-hybridized carbons (Fsp3) is 0.280. The first-order chi connectivity index (χ1) is 14.7. The van der Waals surface area contributed by atoms with Crippen LogP contribution in [0.5, 0.6) is 11.6 Å². The van der Waals surface area contributed by atoms with Gasteiger partial charge in [-0.05, 0) is 35.6 Å². The number of fused-ring (bicyclic) bond motifs is 1. The fourth-order valence-electron chi connectivity index (χ4n) is 4.62. The average Bonchev–Trinajstić information content (AvgIpc) is 3.33. The number of likely N-dealkylation sites (tertiary alicyclic amines) is 2. The van der Waals surface area contributed by atoms with Gasteiger partial charge in [-0.3, -0.25) is 9.69 Å². The topological polar surface area (TPSA) is 45.7 Å². The Morgan fingerprint density at radius 1 is 0.900 bits per heavy atom. The first-order valence-electron chi connectivity index (χ1n) is 10.5. The van der Waals surface area contributed by atoms with Crippen molar-refractivity contribution < 1.29 is 9.53 Å². The summed E-state index contributed by atoms with van der Waals surface area (Å²) in [5.74, 6) is 2.34. The van der Waals surface area contributed by atoms with E-state index in [0.29, 0.717) is 29.0 Å². The first-order valence-corrected chi connectivity index (χ1v) is 10.5. The molecule has 0 bridgehead atoms. The maximum absolute atomic E-state index is 13.1. The van der Waals surface area contributed by atoms with E-state index in [2.05, 4.69) is 40.2 Å². The molecule has 5 rings (SSSR count). The molecule has 1 aromatic heterocycles. The molecule has 2 unspecified atom stereocenters. The van der Waals surface area contributed by atoms with Crippen LogP contribution in [0.2, 0.25) is 0 Å². The highest BCUT2D eigenvalue weighted by atomic mass is 16.5. The monoisotopic (exact) mass is 399 g/mol. The predicted octanol–water partition coefficient (Wildman–Crippen LogP) is 4.08. The van der Waals surface area contributed by atoms with Crippen LogP contribution in [0.3, 0.4) is 0 Å². The molecule has 3 aromatic rings. The molecule has 1 amide bonds. The molecular formula is C25H25N3O2. The van der Waals surface area contributed by atoms with Crippen LogP contribution in [0.1, 0.15) is 15.9 Å². The fourth-order valence-corrected chi connectivity index (χ4v) is 4.62.